The predicted octanol–water partition coefficient (Wildman–Crippen LogP) is 0.958. The molecule has 160 valence electrons. The smallest absolute Gasteiger partial charge is 0.211 e. The van der Waals surface area contributed by atoms with Crippen molar-refractivity contribution in [1.82, 2.24) is 19.8 Å². The first-order chi connectivity index (χ1) is 13.5. The van der Waals surface area contributed by atoms with E-state index in [2.05, 4.69) is 38.0 Å². The van der Waals surface area contributed by atoms with Crippen LogP contribution in [0.1, 0.15) is 24.3 Å². The largest absolute Gasteiger partial charge is 0.379 e. The van der Waals surface area contributed by atoms with Gasteiger partial charge < -0.3 is 15.4 Å². The zero-order chi connectivity index (χ0) is 20.4. The van der Waals surface area contributed by atoms with E-state index in [1.165, 1.54) is 15.4 Å². The Labute approximate surface area is 173 Å². The molecular formula is C18H33N5O3S2. The molecule has 1 aromatic heterocycles. The summed E-state index contributed by atoms with van der Waals surface area (Å²) in [7, 11) is -1.39. The highest BCUT2D eigenvalue weighted by molar-refractivity contribution is 7.88. The minimum atomic E-state index is -3.14. The van der Waals surface area contributed by atoms with Gasteiger partial charge in [-0.3, -0.25) is 9.89 Å². The highest BCUT2D eigenvalue weighted by Gasteiger charge is 2.23. The molecule has 0 saturated carbocycles. The minimum Gasteiger partial charge on any atom is -0.379 e. The van der Waals surface area contributed by atoms with E-state index < -0.39 is 10.0 Å². The molecule has 0 amide bonds. The van der Waals surface area contributed by atoms with Crippen LogP contribution in [0.25, 0.3) is 0 Å². The average Bonchev–Trinajstić information content (AvgIpc) is 3.20. The predicted molar refractivity (Wildman–Crippen MR) is 116 cm³/mol. The molecule has 28 heavy (non-hydrogen) atoms. The van der Waals surface area contributed by atoms with Crippen molar-refractivity contribution in [1.29, 1.82) is 0 Å². The zero-order valence-corrected chi connectivity index (χ0v) is 18.7. The topological polar surface area (TPSA) is 86.3 Å². The third kappa shape index (κ3) is 7.32. The molecule has 2 heterocycles. The summed E-state index contributed by atoms with van der Waals surface area (Å²) in [5, 5.41) is 8.81. The van der Waals surface area contributed by atoms with Crippen LogP contribution in [0.15, 0.2) is 22.5 Å². The highest BCUT2D eigenvalue weighted by Crippen LogP contribution is 2.25. The molecule has 0 aliphatic carbocycles. The third-order valence-electron chi connectivity index (χ3n) is 4.74. The standard InChI is InChI=1S/C18H33N5O3S2/c1-4-23(28(3,24)25)9-6-8-20-18(19-2)21-15-16(17-7-5-14-27-17)22-10-12-26-13-11-22/h5,7,14,16H,4,6,8-13,15H2,1-3H3,(H2,19,20,21). The molecule has 1 unspecified atom stereocenters. The van der Waals surface area contributed by atoms with Crippen LogP contribution in [0.2, 0.25) is 0 Å². The van der Waals surface area contributed by atoms with Gasteiger partial charge in [-0.1, -0.05) is 13.0 Å². The zero-order valence-electron chi connectivity index (χ0n) is 17.1. The van der Waals surface area contributed by atoms with E-state index in [0.717, 1.165) is 45.2 Å². The summed E-state index contributed by atoms with van der Waals surface area (Å²) in [6.07, 6.45) is 1.97. The van der Waals surface area contributed by atoms with Crippen molar-refractivity contribution in [2.24, 2.45) is 4.99 Å². The summed E-state index contributed by atoms with van der Waals surface area (Å²) in [6, 6.07) is 4.54. The minimum absolute atomic E-state index is 0.281. The van der Waals surface area contributed by atoms with Crippen LogP contribution in [0.3, 0.4) is 0 Å². The Bertz CT molecular complexity index is 688. The van der Waals surface area contributed by atoms with E-state index in [4.69, 9.17) is 4.74 Å². The van der Waals surface area contributed by atoms with Crippen molar-refractivity contribution in [2.45, 2.75) is 19.4 Å². The number of hydrogen-bond donors (Lipinski definition) is 2. The van der Waals surface area contributed by atoms with Crippen LogP contribution in [-0.4, -0.2) is 89.4 Å². The molecule has 1 aliphatic heterocycles. The first kappa shape index (κ1) is 23.1. The fraction of sp³-hybridized carbons (Fsp3) is 0.722. The Morgan fingerprint density at radius 3 is 2.71 bits per heavy atom. The second-order valence-corrected chi connectivity index (χ2v) is 9.63. The molecule has 0 bridgehead atoms. The van der Waals surface area contributed by atoms with E-state index in [0.29, 0.717) is 19.6 Å². The van der Waals surface area contributed by atoms with Crippen molar-refractivity contribution in [3.05, 3.63) is 22.4 Å². The monoisotopic (exact) mass is 431 g/mol. The summed E-state index contributed by atoms with van der Waals surface area (Å²) in [5.74, 6) is 0.734. The molecule has 1 aliphatic rings. The summed E-state index contributed by atoms with van der Waals surface area (Å²) in [6.45, 7) is 7.65. The van der Waals surface area contributed by atoms with Crippen molar-refractivity contribution in [2.75, 3.05) is 65.8 Å². The summed E-state index contributed by atoms with van der Waals surface area (Å²) in [4.78, 5) is 8.07. The lowest BCUT2D eigenvalue weighted by Gasteiger charge is -2.34. The van der Waals surface area contributed by atoms with Crippen LogP contribution in [-0.2, 0) is 14.8 Å². The third-order valence-corrected chi connectivity index (χ3v) is 7.10. The maximum absolute atomic E-state index is 11.6. The number of hydrogen-bond acceptors (Lipinski definition) is 6. The Morgan fingerprint density at radius 1 is 1.39 bits per heavy atom. The Kier molecular flexibility index (Phi) is 9.66. The van der Waals surface area contributed by atoms with E-state index >= 15 is 0 Å². The van der Waals surface area contributed by atoms with Gasteiger partial charge in [-0.2, -0.15) is 0 Å². The SMILES string of the molecule is CCN(CCCNC(=NC)NCC(c1cccs1)N1CCOCC1)S(C)(=O)=O. The van der Waals surface area contributed by atoms with Crippen LogP contribution in [0, 0.1) is 0 Å². The van der Waals surface area contributed by atoms with Gasteiger partial charge in [0.2, 0.25) is 10.0 Å². The molecule has 0 radical (unpaired) electrons. The van der Waals surface area contributed by atoms with E-state index in [-0.39, 0.29) is 6.04 Å². The lowest BCUT2D eigenvalue weighted by atomic mass is 10.2. The fourth-order valence-electron chi connectivity index (χ4n) is 3.21. The molecule has 2 rings (SSSR count). The van der Waals surface area contributed by atoms with Gasteiger partial charge >= 0.3 is 0 Å². The maximum Gasteiger partial charge on any atom is 0.211 e. The average molecular weight is 432 g/mol. The molecule has 10 heteroatoms. The Morgan fingerprint density at radius 2 is 2.14 bits per heavy atom. The van der Waals surface area contributed by atoms with Gasteiger partial charge in [0.15, 0.2) is 5.96 Å². The molecule has 8 nitrogen and oxygen atoms in total. The van der Waals surface area contributed by atoms with Gasteiger partial charge in [-0.25, -0.2) is 12.7 Å². The molecule has 0 aromatic carbocycles. The molecule has 0 spiro atoms. The van der Waals surface area contributed by atoms with Crippen molar-refractivity contribution >= 4 is 27.3 Å². The molecule has 2 N–H and O–H groups in total. The Balaban J connectivity index is 1.82. The lowest BCUT2D eigenvalue weighted by molar-refractivity contribution is 0.0177. The summed E-state index contributed by atoms with van der Waals surface area (Å²) in [5.41, 5.74) is 0. The van der Waals surface area contributed by atoms with E-state index in [1.807, 2.05) is 6.92 Å². The van der Waals surface area contributed by atoms with Gasteiger partial charge in [0.05, 0.1) is 25.5 Å². The number of thiophene rings is 1. The molecule has 1 aromatic rings. The van der Waals surface area contributed by atoms with E-state index in [9.17, 15) is 8.42 Å². The molecular weight excluding hydrogens is 398 g/mol. The molecule has 1 saturated heterocycles. The number of rotatable bonds is 10. The summed E-state index contributed by atoms with van der Waals surface area (Å²) >= 11 is 1.77. The maximum atomic E-state index is 11.6. The Hall–Kier alpha value is -1.20. The number of aliphatic imine (C=N–C) groups is 1. The van der Waals surface area contributed by atoms with Crippen molar-refractivity contribution in [3.8, 4) is 0 Å². The number of sulfonamides is 1. The first-order valence-corrected chi connectivity index (χ1v) is 12.4. The normalized spacial score (nSPS) is 17.6. The fourth-order valence-corrected chi connectivity index (χ4v) is 5.00. The molecule has 1 fully saturated rings. The van der Waals surface area contributed by atoms with Crippen molar-refractivity contribution < 1.29 is 13.2 Å². The van der Waals surface area contributed by atoms with Gasteiger partial charge in [-0.15, -0.1) is 11.3 Å². The van der Waals surface area contributed by atoms with Gasteiger partial charge in [-0.05, 0) is 17.9 Å². The van der Waals surface area contributed by atoms with Crippen LogP contribution >= 0.6 is 11.3 Å². The van der Waals surface area contributed by atoms with Crippen LogP contribution < -0.4 is 10.6 Å². The number of guanidine groups is 1. The van der Waals surface area contributed by atoms with E-state index in [1.54, 1.807) is 18.4 Å². The highest BCUT2D eigenvalue weighted by atomic mass is 32.2. The molecule has 1 atom stereocenters. The van der Waals surface area contributed by atoms with Crippen LogP contribution in [0.4, 0.5) is 0 Å². The quantitative estimate of drug-likeness (QED) is 0.326. The summed E-state index contributed by atoms with van der Waals surface area (Å²) < 4.78 is 30.3. The van der Waals surface area contributed by atoms with Crippen LogP contribution in [0.5, 0.6) is 0 Å². The second-order valence-electron chi connectivity index (χ2n) is 6.67. The number of morpholine rings is 1. The lowest BCUT2D eigenvalue weighted by Crippen LogP contribution is -2.46. The number of ether oxygens (including phenoxy) is 1. The second kappa shape index (κ2) is 11.7. The number of nitrogens with one attached hydrogen (secondary N) is 2. The van der Waals surface area contributed by atoms with Crippen molar-refractivity contribution in [3.63, 3.8) is 0 Å². The number of nitrogens with zero attached hydrogens (tertiary/aromatic N) is 3. The van der Waals surface area contributed by atoms with Gasteiger partial charge in [0.1, 0.15) is 0 Å². The van der Waals surface area contributed by atoms with Gasteiger partial charge in [0.25, 0.3) is 0 Å². The first-order valence-electron chi connectivity index (χ1n) is 9.70. The van der Waals surface area contributed by atoms with Gasteiger partial charge in [0, 0.05) is 51.2 Å².